The number of carbonyl (C=O) groups is 2. The van der Waals surface area contributed by atoms with E-state index >= 15 is 0 Å². The smallest absolute Gasteiger partial charge is 0.261 e. The minimum absolute atomic E-state index is 0.00492. The first-order chi connectivity index (χ1) is 15.7. The Hall–Kier alpha value is -2.89. The second kappa shape index (κ2) is 10.8. The summed E-state index contributed by atoms with van der Waals surface area (Å²) < 4.78 is 20.3. The number of amides is 2. The van der Waals surface area contributed by atoms with Gasteiger partial charge in [0.2, 0.25) is 5.91 Å². The summed E-state index contributed by atoms with van der Waals surface area (Å²) in [6.07, 6.45) is 4.09. The van der Waals surface area contributed by atoms with Crippen LogP contribution in [0.1, 0.15) is 64.5 Å². The summed E-state index contributed by atoms with van der Waals surface area (Å²) in [6, 6.07) is 13.3. The molecule has 33 heavy (non-hydrogen) atoms. The number of nitrogens with one attached hydrogen (secondary N) is 1. The fourth-order valence-electron chi connectivity index (χ4n) is 4.22. The van der Waals surface area contributed by atoms with E-state index < -0.39 is 11.9 Å². The van der Waals surface area contributed by atoms with E-state index in [4.69, 9.17) is 4.74 Å². The molecule has 0 spiro atoms. The van der Waals surface area contributed by atoms with Crippen LogP contribution in [0.15, 0.2) is 48.5 Å². The van der Waals surface area contributed by atoms with Crippen molar-refractivity contribution in [2.45, 2.75) is 77.4 Å². The third kappa shape index (κ3) is 6.56. The van der Waals surface area contributed by atoms with Crippen molar-refractivity contribution in [3.05, 3.63) is 65.5 Å². The van der Waals surface area contributed by atoms with E-state index in [2.05, 4.69) is 26.1 Å². The van der Waals surface area contributed by atoms with E-state index in [0.29, 0.717) is 11.3 Å². The predicted molar refractivity (Wildman–Crippen MR) is 127 cm³/mol. The number of nitrogens with zero attached hydrogens (tertiary/aromatic N) is 1. The predicted octanol–water partition coefficient (Wildman–Crippen LogP) is 4.98. The molecule has 0 radical (unpaired) electrons. The van der Waals surface area contributed by atoms with Crippen LogP contribution < -0.4 is 10.1 Å². The second-order valence-electron chi connectivity index (χ2n) is 9.81. The van der Waals surface area contributed by atoms with E-state index in [1.807, 2.05) is 24.3 Å². The van der Waals surface area contributed by atoms with E-state index in [1.54, 1.807) is 25.1 Å². The summed E-state index contributed by atoms with van der Waals surface area (Å²) >= 11 is 0. The molecule has 0 heterocycles. The Balaban J connectivity index is 1.77. The van der Waals surface area contributed by atoms with Crippen LogP contribution in [0.3, 0.4) is 0 Å². The molecular formula is C27H35FN2O3. The Bertz CT molecular complexity index is 964. The zero-order chi connectivity index (χ0) is 24.0. The van der Waals surface area contributed by atoms with Gasteiger partial charge in [-0.25, -0.2) is 4.39 Å². The Morgan fingerprint density at radius 1 is 1.09 bits per heavy atom. The molecule has 1 aliphatic carbocycles. The maximum Gasteiger partial charge on any atom is 0.261 e. The number of benzene rings is 2. The van der Waals surface area contributed by atoms with Crippen LogP contribution in [0.2, 0.25) is 0 Å². The standard InChI is InChI=1S/C27H35FN2O3/c1-19(26(32)29-21-12-6-7-13-21)30(17-20-11-5-9-15-23(20)28)25(31)18-33-24-16-10-8-14-22(24)27(2,3)4/h5,8-11,14-16,19,21H,6-7,12-13,17-18H2,1-4H3,(H,29,32)/t19-/m0/s1. The molecule has 2 aromatic rings. The molecule has 1 saturated carbocycles. The fourth-order valence-corrected chi connectivity index (χ4v) is 4.22. The molecule has 1 N–H and O–H groups in total. The lowest BCUT2D eigenvalue weighted by molar-refractivity contribution is -0.142. The van der Waals surface area contributed by atoms with Crippen LogP contribution in [-0.2, 0) is 21.5 Å². The van der Waals surface area contributed by atoms with E-state index in [0.717, 1.165) is 31.2 Å². The van der Waals surface area contributed by atoms with Crippen molar-refractivity contribution in [3.8, 4) is 5.75 Å². The molecule has 2 aromatic carbocycles. The van der Waals surface area contributed by atoms with Crippen LogP contribution in [0.5, 0.6) is 5.75 Å². The number of para-hydroxylation sites is 1. The Labute approximate surface area is 196 Å². The minimum Gasteiger partial charge on any atom is -0.483 e. The van der Waals surface area contributed by atoms with Gasteiger partial charge in [-0.3, -0.25) is 9.59 Å². The van der Waals surface area contributed by atoms with Crippen LogP contribution >= 0.6 is 0 Å². The van der Waals surface area contributed by atoms with Crippen molar-refractivity contribution < 1.29 is 18.7 Å². The van der Waals surface area contributed by atoms with Gasteiger partial charge in [-0.2, -0.15) is 0 Å². The molecule has 0 bridgehead atoms. The van der Waals surface area contributed by atoms with Crippen LogP contribution in [0.25, 0.3) is 0 Å². The Morgan fingerprint density at radius 2 is 1.73 bits per heavy atom. The minimum atomic E-state index is -0.751. The summed E-state index contributed by atoms with van der Waals surface area (Å²) in [5.41, 5.74) is 1.20. The lowest BCUT2D eigenvalue weighted by Crippen LogP contribution is -2.50. The Morgan fingerprint density at radius 3 is 2.39 bits per heavy atom. The van der Waals surface area contributed by atoms with Gasteiger partial charge in [0.05, 0.1) is 0 Å². The molecular weight excluding hydrogens is 419 g/mol. The zero-order valence-corrected chi connectivity index (χ0v) is 20.1. The van der Waals surface area contributed by atoms with Crippen molar-refractivity contribution in [1.82, 2.24) is 10.2 Å². The average Bonchev–Trinajstić information content (AvgIpc) is 3.29. The highest BCUT2D eigenvalue weighted by atomic mass is 19.1. The van der Waals surface area contributed by atoms with Gasteiger partial charge >= 0.3 is 0 Å². The molecule has 0 aromatic heterocycles. The van der Waals surface area contributed by atoms with E-state index in [1.165, 1.54) is 11.0 Å². The number of rotatable bonds is 8. The van der Waals surface area contributed by atoms with E-state index in [9.17, 15) is 14.0 Å². The largest absolute Gasteiger partial charge is 0.483 e. The van der Waals surface area contributed by atoms with Crippen molar-refractivity contribution in [2.75, 3.05) is 6.61 Å². The number of carbonyl (C=O) groups excluding carboxylic acids is 2. The number of hydrogen-bond acceptors (Lipinski definition) is 3. The SMILES string of the molecule is C[C@@H](C(=O)NC1CCCC1)N(Cc1ccccc1F)C(=O)COc1ccccc1C(C)(C)C. The summed E-state index contributed by atoms with van der Waals surface area (Å²) in [7, 11) is 0. The molecule has 5 nitrogen and oxygen atoms in total. The third-order valence-electron chi connectivity index (χ3n) is 6.21. The van der Waals surface area contributed by atoms with Gasteiger partial charge in [-0.15, -0.1) is 0 Å². The average molecular weight is 455 g/mol. The quantitative estimate of drug-likeness (QED) is 0.612. The van der Waals surface area contributed by atoms with Gasteiger partial charge in [-0.05, 0) is 42.9 Å². The van der Waals surface area contributed by atoms with Gasteiger partial charge in [-0.1, -0.05) is 70.0 Å². The van der Waals surface area contributed by atoms with Gasteiger partial charge in [0.1, 0.15) is 17.6 Å². The van der Waals surface area contributed by atoms with Crippen molar-refractivity contribution in [2.24, 2.45) is 0 Å². The molecule has 1 atom stereocenters. The van der Waals surface area contributed by atoms with Gasteiger partial charge < -0.3 is 15.0 Å². The second-order valence-corrected chi connectivity index (χ2v) is 9.81. The molecule has 0 unspecified atom stereocenters. The first-order valence-corrected chi connectivity index (χ1v) is 11.7. The van der Waals surface area contributed by atoms with Crippen molar-refractivity contribution in [3.63, 3.8) is 0 Å². The summed E-state index contributed by atoms with van der Waals surface area (Å²) in [6.45, 7) is 7.69. The zero-order valence-electron chi connectivity index (χ0n) is 20.1. The highest BCUT2D eigenvalue weighted by Gasteiger charge is 2.29. The fraction of sp³-hybridized carbons (Fsp3) is 0.481. The lowest BCUT2D eigenvalue weighted by Gasteiger charge is -2.30. The first-order valence-electron chi connectivity index (χ1n) is 11.7. The molecule has 2 amide bonds. The van der Waals surface area contributed by atoms with Crippen LogP contribution in [0.4, 0.5) is 4.39 Å². The monoisotopic (exact) mass is 454 g/mol. The summed E-state index contributed by atoms with van der Waals surface area (Å²) in [5, 5.41) is 3.05. The summed E-state index contributed by atoms with van der Waals surface area (Å²) in [4.78, 5) is 27.6. The Kier molecular flexibility index (Phi) is 8.11. The van der Waals surface area contributed by atoms with Crippen molar-refractivity contribution in [1.29, 1.82) is 0 Å². The maximum atomic E-state index is 14.4. The summed E-state index contributed by atoms with van der Waals surface area (Å²) in [5.74, 6) is -0.359. The number of ether oxygens (including phenoxy) is 1. The lowest BCUT2D eigenvalue weighted by atomic mass is 9.86. The molecule has 178 valence electrons. The van der Waals surface area contributed by atoms with Gasteiger partial charge in [0.25, 0.3) is 5.91 Å². The van der Waals surface area contributed by atoms with Crippen LogP contribution in [0, 0.1) is 5.82 Å². The van der Waals surface area contributed by atoms with Crippen molar-refractivity contribution >= 4 is 11.8 Å². The van der Waals surface area contributed by atoms with Crippen LogP contribution in [-0.4, -0.2) is 35.4 Å². The first kappa shape index (κ1) is 24.7. The van der Waals surface area contributed by atoms with Gasteiger partial charge in [0, 0.05) is 18.2 Å². The highest BCUT2D eigenvalue weighted by Crippen LogP contribution is 2.31. The highest BCUT2D eigenvalue weighted by molar-refractivity contribution is 5.88. The molecule has 1 aliphatic rings. The molecule has 0 aliphatic heterocycles. The topological polar surface area (TPSA) is 58.6 Å². The van der Waals surface area contributed by atoms with E-state index in [-0.39, 0.29) is 36.4 Å². The molecule has 3 rings (SSSR count). The molecule has 1 fully saturated rings. The molecule has 6 heteroatoms. The number of halogens is 1. The normalized spacial score (nSPS) is 15.2. The third-order valence-corrected chi connectivity index (χ3v) is 6.21. The molecule has 0 saturated heterocycles. The van der Waals surface area contributed by atoms with Gasteiger partial charge in [0.15, 0.2) is 6.61 Å². The maximum absolute atomic E-state index is 14.4. The number of hydrogen-bond donors (Lipinski definition) is 1.